The van der Waals surface area contributed by atoms with Gasteiger partial charge in [-0.1, -0.05) is 13.8 Å². The number of alkyl halides is 8. The number of rotatable bonds is 7. The van der Waals surface area contributed by atoms with Crippen molar-refractivity contribution in [3.8, 4) is 0 Å². The monoisotopic (exact) mass is 482 g/mol. The number of carbonyl (C=O) groups excluding carboxylic acids is 2. The molecule has 0 aliphatic carbocycles. The number of carbonyl (C=O) groups is 2. The maximum Gasteiger partial charge on any atom is 0.392 e. The van der Waals surface area contributed by atoms with E-state index < -0.39 is 61.7 Å². The third-order valence-corrected chi connectivity index (χ3v) is 5.93. The molecule has 2 fully saturated rings. The van der Waals surface area contributed by atoms with E-state index in [0.717, 1.165) is 0 Å². The van der Waals surface area contributed by atoms with Gasteiger partial charge in [-0.15, -0.1) is 0 Å². The summed E-state index contributed by atoms with van der Waals surface area (Å²) in [5, 5.41) is 0. The summed E-state index contributed by atoms with van der Waals surface area (Å²) in [6.07, 6.45) is 0. The molecule has 2 aliphatic heterocycles. The molecule has 0 bridgehead atoms. The quantitative estimate of drug-likeness (QED) is 0.520. The molecule has 2 rings (SSSR count). The fourth-order valence-corrected chi connectivity index (χ4v) is 3.59. The Morgan fingerprint density at radius 2 is 0.812 bits per heavy atom. The van der Waals surface area contributed by atoms with E-state index in [4.69, 9.17) is 0 Å². The lowest BCUT2D eigenvalue weighted by atomic mass is 9.96. The first kappa shape index (κ1) is 26.6. The normalized spacial score (nSPS) is 20.6. The number of hydrogen-bond donors (Lipinski definition) is 0. The molecule has 0 spiro atoms. The average molecular weight is 482 g/mol. The molecule has 6 nitrogen and oxygen atoms in total. The number of piperazine rings is 2. The second-order valence-electron chi connectivity index (χ2n) is 7.75. The van der Waals surface area contributed by atoms with Gasteiger partial charge in [0.1, 0.15) is 0 Å². The molecule has 0 radical (unpaired) electrons. The van der Waals surface area contributed by atoms with Crippen LogP contribution in [0.25, 0.3) is 0 Å². The lowest BCUT2D eigenvalue weighted by molar-refractivity contribution is -0.350. The molecule has 32 heavy (non-hydrogen) atoms. The molecule has 0 unspecified atom stereocenters. The molecule has 0 N–H and O–H groups in total. The molecule has 2 amide bonds. The number of halogens is 8. The molecule has 14 heteroatoms. The maximum atomic E-state index is 14.3. The van der Waals surface area contributed by atoms with Crippen LogP contribution in [-0.4, -0.2) is 121 Å². The Labute approximate surface area is 180 Å². The van der Waals surface area contributed by atoms with E-state index in [2.05, 4.69) is 0 Å². The molecule has 186 valence electrons. The molecule has 0 atom stereocenters. The summed E-state index contributed by atoms with van der Waals surface area (Å²) in [6, 6.07) is 0. The smallest absolute Gasteiger partial charge is 0.335 e. The maximum absolute atomic E-state index is 14.3. The highest BCUT2D eigenvalue weighted by Crippen LogP contribution is 2.53. The summed E-state index contributed by atoms with van der Waals surface area (Å²) in [5.41, 5.74) is 0. The largest absolute Gasteiger partial charge is 0.392 e. The van der Waals surface area contributed by atoms with Gasteiger partial charge in [0.15, 0.2) is 0 Å². The highest BCUT2D eigenvalue weighted by Gasteiger charge is 2.85. The molecule has 2 aliphatic rings. The fourth-order valence-electron chi connectivity index (χ4n) is 3.59. The van der Waals surface area contributed by atoms with Crippen molar-refractivity contribution in [1.29, 1.82) is 0 Å². The third-order valence-electron chi connectivity index (χ3n) is 5.93. The van der Waals surface area contributed by atoms with Crippen LogP contribution in [0.1, 0.15) is 13.8 Å². The van der Waals surface area contributed by atoms with Crippen molar-refractivity contribution in [3.63, 3.8) is 0 Å². The van der Waals surface area contributed by atoms with Gasteiger partial charge in [0, 0.05) is 52.4 Å². The van der Waals surface area contributed by atoms with Gasteiger partial charge in [-0.25, -0.2) is 0 Å². The van der Waals surface area contributed by atoms with E-state index in [1.54, 1.807) is 23.6 Å². The van der Waals surface area contributed by atoms with E-state index >= 15 is 0 Å². The number of hydrogen-bond acceptors (Lipinski definition) is 4. The van der Waals surface area contributed by atoms with Crippen LogP contribution in [0.2, 0.25) is 0 Å². The SMILES string of the molecule is CCN1CCN(C(=O)C(F)(F)C(F)(F)C(F)(F)C(F)(F)C(=O)N2CCN(CC)CC2)CC1. The lowest BCUT2D eigenvalue weighted by Gasteiger charge is -2.41. The van der Waals surface area contributed by atoms with Crippen molar-refractivity contribution in [3.05, 3.63) is 0 Å². The molecule has 2 saturated heterocycles. The molecule has 0 aromatic carbocycles. The van der Waals surface area contributed by atoms with Crippen molar-refractivity contribution in [2.75, 3.05) is 65.4 Å². The second-order valence-corrected chi connectivity index (χ2v) is 7.75. The minimum atomic E-state index is -6.82. The third kappa shape index (κ3) is 4.39. The van der Waals surface area contributed by atoms with Gasteiger partial charge in [-0.3, -0.25) is 9.59 Å². The Hall–Kier alpha value is -1.70. The minimum Gasteiger partial charge on any atom is -0.335 e. The predicted molar refractivity (Wildman–Crippen MR) is 97.2 cm³/mol. The standard InChI is InChI=1S/C18H26F8N4O2/c1-3-27-5-9-29(10-6-27)13(31)15(19,20)17(23,24)18(25,26)16(21,22)14(32)30-11-7-28(4-2)8-12-30/h3-12H2,1-2H3. The van der Waals surface area contributed by atoms with E-state index in [0.29, 0.717) is 13.1 Å². The number of nitrogens with zero attached hydrogens (tertiary/aromatic N) is 4. The Morgan fingerprint density at radius 1 is 0.562 bits per heavy atom. The van der Waals surface area contributed by atoms with Crippen LogP contribution >= 0.6 is 0 Å². The van der Waals surface area contributed by atoms with Gasteiger partial charge in [-0.2, -0.15) is 35.1 Å². The van der Waals surface area contributed by atoms with Crippen LogP contribution in [0.3, 0.4) is 0 Å². The number of amides is 2. The van der Waals surface area contributed by atoms with Crippen molar-refractivity contribution < 1.29 is 44.7 Å². The van der Waals surface area contributed by atoms with E-state index in [1.165, 1.54) is 0 Å². The highest BCUT2D eigenvalue weighted by atomic mass is 19.4. The molecule has 2 heterocycles. The topological polar surface area (TPSA) is 47.1 Å². The van der Waals surface area contributed by atoms with E-state index in [1.807, 2.05) is 0 Å². The van der Waals surface area contributed by atoms with Crippen LogP contribution in [-0.2, 0) is 9.59 Å². The minimum absolute atomic E-state index is 0.0265. The van der Waals surface area contributed by atoms with Crippen molar-refractivity contribution in [1.82, 2.24) is 19.6 Å². The summed E-state index contributed by atoms with van der Waals surface area (Å²) in [5.74, 6) is -31.3. The lowest BCUT2D eigenvalue weighted by Crippen LogP contribution is -2.70. The molecule has 0 saturated carbocycles. The van der Waals surface area contributed by atoms with Gasteiger partial charge in [-0.05, 0) is 13.1 Å². The molecular weight excluding hydrogens is 456 g/mol. The average Bonchev–Trinajstić information content (AvgIpc) is 2.77. The highest BCUT2D eigenvalue weighted by molar-refractivity contribution is 5.87. The van der Waals surface area contributed by atoms with Crippen LogP contribution < -0.4 is 0 Å². The fraction of sp³-hybridized carbons (Fsp3) is 0.889. The van der Waals surface area contributed by atoms with Gasteiger partial charge >= 0.3 is 23.7 Å². The van der Waals surface area contributed by atoms with Crippen LogP contribution in [0.15, 0.2) is 0 Å². The van der Waals surface area contributed by atoms with Gasteiger partial charge in [0.2, 0.25) is 0 Å². The summed E-state index contributed by atoms with van der Waals surface area (Å²) in [4.78, 5) is 27.8. The van der Waals surface area contributed by atoms with Gasteiger partial charge in [0.05, 0.1) is 0 Å². The summed E-state index contributed by atoms with van der Waals surface area (Å²) in [7, 11) is 0. The van der Waals surface area contributed by atoms with Crippen molar-refractivity contribution >= 4 is 11.8 Å². The van der Waals surface area contributed by atoms with Crippen LogP contribution in [0, 0.1) is 0 Å². The van der Waals surface area contributed by atoms with Crippen molar-refractivity contribution in [2.24, 2.45) is 0 Å². The predicted octanol–water partition coefficient (Wildman–Crippen LogP) is 1.86. The Kier molecular flexibility index (Phi) is 7.70. The first-order valence-electron chi connectivity index (χ1n) is 10.2. The molecular formula is C18H26F8N4O2. The van der Waals surface area contributed by atoms with E-state index in [-0.39, 0.29) is 36.0 Å². The zero-order valence-electron chi connectivity index (χ0n) is 17.7. The Bertz CT molecular complexity index is 632. The summed E-state index contributed by atoms with van der Waals surface area (Å²) in [6.45, 7) is 2.68. The van der Waals surface area contributed by atoms with Gasteiger partial charge < -0.3 is 19.6 Å². The van der Waals surface area contributed by atoms with Crippen LogP contribution in [0.5, 0.6) is 0 Å². The first-order chi connectivity index (χ1) is 14.6. The first-order valence-corrected chi connectivity index (χ1v) is 10.2. The molecule has 0 aromatic rings. The van der Waals surface area contributed by atoms with Crippen molar-refractivity contribution in [2.45, 2.75) is 37.5 Å². The van der Waals surface area contributed by atoms with Gasteiger partial charge in [0.25, 0.3) is 11.8 Å². The molecule has 0 aromatic heterocycles. The Balaban J connectivity index is 2.23. The number of likely N-dealkylation sites (N-methyl/N-ethyl adjacent to an activating group) is 2. The van der Waals surface area contributed by atoms with E-state index in [9.17, 15) is 44.7 Å². The van der Waals surface area contributed by atoms with Crippen LogP contribution in [0.4, 0.5) is 35.1 Å². The zero-order chi connectivity index (χ0) is 24.5. The summed E-state index contributed by atoms with van der Waals surface area (Å²) < 4.78 is 114. The Morgan fingerprint density at radius 3 is 1.03 bits per heavy atom. The second kappa shape index (κ2) is 9.27. The zero-order valence-corrected chi connectivity index (χ0v) is 17.7. The summed E-state index contributed by atoms with van der Waals surface area (Å²) >= 11 is 0.